The van der Waals surface area contributed by atoms with E-state index in [1.54, 1.807) is 24.2 Å². The largest absolute Gasteiger partial charge is 0.363 e. The van der Waals surface area contributed by atoms with Gasteiger partial charge in [-0.15, -0.1) is 0 Å². The second-order valence-electron chi connectivity index (χ2n) is 5.52. The van der Waals surface area contributed by atoms with Crippen LogP contribution >= 0.6 is 11.8 Å². The highest BCUT2D eigenvalue weighted by molar-refractivity contribution is 7.99. The van der Waals surface area contributed by atoms with Crippen molar-refractivity contribution in [3.05, 3.63) is 36.2 Å². The normalized spacial score (nSPS) is 16.4. The van der Waals surface area contributed by atoms with E-state index in [9.17, 15) is 0 Å². The number of amidine groups is 1. The van der Waals surface area contributed by atoms with Crippen LogP contribution in [0, 0.1) is 0 Å². The molecule has 0 unspecified atom stereocenters. The first-order chi connectivity index (χ1) is 10.8. The van der Waals surface area contributed by atoms with Gasteiger partial charge in [-0.05, 0) is 24.1 Å². The molecule has 4 rings (SSSR count). The average Bonchev–Trinajstić information content (AvgIpc) is 2.55. The average molecular weight is 311 g/mol. The third-order valence-corrected chi connectivity index (χ3v) is 4.99. The second-order valence-corrected chi connectivity index (χ2v) is 6.55. The van der Waals surface area contributed by atoms with Crippen LogP contribution in [0.5, 0.6) is 0 Å². The molecule has 2 aliphatic heterocycles. The number of nitrogens with one attached hydrogen (secondary N) is 1. The predicted octanol–water partition coefficient (Wildman–Crippen LogP) is 2.96. The van der Waals surface area contributed by atoms with E-state index in [0.717, 1.165) is 42.5 Å². The molecule has 1 aromatic heterocycles. The molecule has 0 saturated heterocycles. The van der Waals surface area contributed by atoms with Crippen LogP contribution in [0.25, 0.3) is 0 Å². The van der Waals surface area contributed by atoms with E-state index in [4.69, 9.17) is 0 Å². The van der Waals surface area contributed by atoms with Crippen molar-refractivity contribution in [1.82, 2.24) is 14.9 Å². The van der Waals surface area contributed by atoms with Crippen LogP contribution in [0.3, 0.4) is 0 Å². The molecule has 0 atom stereocenters. The molecule has 5 nitrogen and oxygen atoms in total. The minimum Gasteiger partial charge on any atom is -0.363 e. The Morgan fingerprint density at radius 1 is 1.27 bits per heavy atom. The van der Waals surface area contributed by atoms with Gasteiger partial charge in [0, 0.05) is 43.8 Å². The maximum atomic E-state index is 4.65. The minimum atomic E-state index is 0.837. The van der Waals surface area contributed by atoms with Gasteiger partial charge in [-0.3, -0.25) is 4.99 Å². The van der Waals surface area contributed by atoms with Crippen LogP contribution in [0.1, 0.15) is 12.0 Å². The number of anilines is 2. The fourth-order valence-corrected chi connectivity index (χ4v) is 3.61. The number of nitrogens with zero attached hydrogens (tertiary/aromatic N) is 4. The number of likely N-dealkylation sites (N-methyl/N-ethyl adjacent to an activating group) is 1. The third kappa shape index (κ3) is 2.54. The van der Waals surface area contributed by atoms with Crippen LogP contribution in [0.2, 0.25) is 0 Å². The Hall–Kier alpha value is -2.08. The van der Waals surface area contributed by atoms with Crippen LogP contribution in [0.15, 0.2) is 45.5 Å². The molecule has 3 heterocycles. The summed E-state index contributed by atoms with van der Waals surface area (Å²) in [6.45, 7) is 2.04. The zero-order valence-corrected chi connectivity index (χ0v) is 13.2. The maximum Gasteiger partial charge on any atom is 0.163 e. The predicted molar refractivity (Wildman–Crippen MR) is 89.1 cm³/mol. The highest BCUT2D eigenvalue weighted by Gasteiger charge is 2.18. The van der Waals surface area contributed by atoms with Crippen molar-refractivity contribution in [2.75, 3.05) is 25.5 Å². The van der Waals surface area contributed by atoms with E-state index in [0.29, 0.717) is 0 Å². The van der Waals surface area contributed by atoms with Gasteiger partial charge in [0.15, 0.2) is 5.82 Å². The fourth-order valence-electron chi connectivity index (χ4n) is 2.73. The number of aromatic nitrogens is 2. The molecule has 22 heavy (non-hydrogen) atoms. The van der Waals surface area contributed by atoms with E-state index >= 15 is 0 Å². The van der Waals surface area contributed by atoms with E-state index in [1.807, 2.05) is 0 Å². The van der Waals surface area contributed by atoms with Crippen molar-refractivity contribution in [3.8, 4) is 0 Å². The lowest BCUT2D eigenvalue weighted by atomic mass is 10.1. The Morgan fingerprint density at radius 2 is 2.18 bits per heavy atom. The van der Waals surface area contributed by atoms with Crippen molar-refractivity contribution in [2.45, 2.75) is 22.8 Å². The van der Waals surface area contributed by atoms with Crippen molar-refractivity contribution in [2.24, 2.45) is 4.99 Å². The third-order valence-electron chi connectivity index (χ3n) is 3.92. The topological polar surface area (TPSA) is 53.4 Å². The highest BCUT2D eigenvalue weighted by atomic mass is 32.2. The first kappa shape index (κ1) is 13.6. The monoisotopic (exact) mass is 311 g/mol. The highest BCUT2D eigenvalue weighted by Crippen LogP contribution is 2.42. The number of rotatable bonds is 2. The molecule has 0 radical (unpaired) electrons. The fraction of sp³-hybridized carbons (Fsp3) is 0.312. The SMILES string of the molecule is CN1CCCN=C1Cc1ccc2c(c1)Nc1nccnc1S2. The molecule has 2 aromatic rings. The Morgan fingerprint density at radius 3 is 3.09 bits per heavy atom. The number of hydrogen-bond acceptors (Lipinski definition) is 6. The van der Waals surface area contributed by atoms with E-state index in [-0.39, 0.29) is 0 Å². The molecule has 1 aromatic carbocycles. The lowest BCUT2D eigenvalue weighted by molar-refractivity contribution is 0.459. The molecule has 6 heteroatoms. The van der Waals surface area contributed by atoms with E-state index in [2.05, 4.69) is 50.4 Å². The van der Waals surface area contributed by atoms with Gasteiger partial charge in [0.05, 0.1) is 5.69 Å². The standard InChI is InChI=1S/C16H17N5S/c1-21-8-2-5-17-14(21)10-11-3-4-13-12(9-11)20-15-16(22-13)19-7-6-18-15/h3-4,6-7,9H,2,5,8,10H2,1H3,(H,18,20). The van der Waals surface area contributed by atoms with Gasteiger partial charge in [-0.25, -0.2) is 9.97 Å². The summed E-state index contributed by atoms with van der Waals surface area (Å²) in [5, 5.41) is 4.31. The molecule has 0 fully saturated rings. The van der Waals surface area contributed by atoms with Gasteiger partial charge in [0.2, 0.25) is 0 Å². The molecule has 0 amide bonds. The molecule has 0 aliphatic carbocycles. The zero-order chi connectivity index (χ0) is 14.9. The van der Waals surface area contributed by atoms with Crippen molar-refractivity contribution in [1.29, 1.82) is 0 Å². The van der Waals surface area contributed by atoms with Crippen LogP contribution in [0.4, 0.5) is 11.5 Å². The summed E-state index contributed by atoms with van der Waals surface area (Å²) in [6, 6.07) is 6.54. The van der Waals surface area contributed by atoms with Gasteiger partial charge in [-0.1, -0.05) is 17.8 Å². The summed E-state index contributed by atoms with van der Waals surface area (Å²) in [7, 11) is 2.12. The Kier molecular flexibility index (Phi) is 3.46. The molecule has 112 valence electrons. The Bertz CT molecular complexity index is 743. The van der Waals surface area contributed by atoms with Gasteiger partial charge in [-0.2, -0.15) is 0 Å². The molecule has 2 aliphatic rings. The lowest BCUT2D eigenvalue weighted by Gasteiger charge is -2.25. The molecule has 0 spiro atoms. The van der Waals surface area contributed by atoms with Crippen LogP contribution in [-0.2, 0) is 6.42 Å². The quantitative estimate of drug-likeness (QED) is 0.788. The smallest absolute Gasteiger partial charge is 0.163 e. The number of benzene rings is 1. The lowest BCUT2D eigenvalue weighted by Crippen LogP contribution is -2.33. The van der Waals surface area contributed by atoms with E-state index < -0.39 is 0 Å². The van der Waals surface area contributed by atoms with Crippen LogP contribution in [-0.4, -0.2) is 40.8 Å². The molecular formula is C16H17N5S. The number of fused-ring (bicyclic) bond motifs is 2. The summed E-state index contributed by atoms with van der Waals surface area (Å²) in [5.74, 6) is 2.01. The summed E-state index contributed by atoms with van der Waals surface area (Å²) >= 11 is 1.66. The van der Waals surface area contributed by atoms with Gasteiger partial charge in [0.25, 0.3) is 0 Å². The van der Waals surface area contributed by atoms with Crippen molar-refractivity contribution < 1.29 is 0 Å². The van der Waals surface area contributed by atoms with E-state index in [1.165, 1.54) is 16.3 Å². The Labute approximate surface area is 133 Å². The summed E-state index contributed by atoms with van der Waals surface area (Å²) < 4.78 is 0. The maximum absolute atomic E-state index is 4.65. The van der Waals surface area contributed by atoms with Gasteiger partial charge >= 0.3 is 0 Å². The Balaban J connectivity index is 1.59. The van der Waals surface area contributed by atoms with Crippen molar-refractivity contribution >= 4 is 29.1 Å². The molecule has 0 saturated carbocycles. The van der Waals surface area contributed by atoms with Crippen LogP contribution < -0.4 is 5.32 Å². The second kappa shape index (κ2) is 5.61. The zero-order valence-electron chi connectivity index (χ0n) is 12.4. The number of aliphatic imine (C=N–C) groups is 1. The summed E-state index contributed by atoms with van der Waals surface area (Å²) in [6.07, 6.45) is 5.47. The molecule has 1 N–H and O–H groups in total. The summed E-state index contributed by atoms with van der Waals surface area (Å²) in [5.41, 5.74) is 2.38. The molecular weight excluding hydrogens is 294 g/mol. The number of hydrogen-bond donors (Lipinski definition) is 1. The van der Waals surface area contributed by atoms with Crippen molar-refractivity contribution in [3.63, 3.8) is 0 Å². The first-order valence-corrected chi connectivity index (χ1v) is 8.24. The minimum absolute atomic E-state index is 0.837. The summed E-state index contributed by atoms with van der Waals surface area (Å²) in [4.78, 5) is 16.8. The first-order valence-electron chi connectivity index (χ1n) is 7.43. The molecule has 0 bridgehead atoms. The van der Waals surface area contributed by atoms with Gasteiger partial charge < -0.3 is 10.2 Å². The van der Waals surface area contributed by atoms with Gasteiger partial charge in [0.1, 0.15) is 10.9 Å².